The van der Waals surface area contributed by atoms with Crippen LogP contribution in [0.1, 0.15) is 5.56 Å². The fourth-order valence-electron chi connectivity index (χ4n) is 2.18. The molecule has 3 aromatic carbocycles. The van der Waals surface area contributed by atoms with E-state index >= 15 is 0 Å². The maximum Gasteiger partial charge on any atom is 0.123 e. The minimum Gasteiger partial charge on any atom is -0.380 e. The number of hydrogen-bond donors (Lipinski definition) is 1. The lowest BCUT2D eigenvalue weighted by atomic mass is 10.1. The molecule has 3 rings (SSSR count). The smallest absolute Gasteiger partial charge is 0.123 e. The van der Waals surface area contributed by atoms with Gasteiger partial charge in [0.05, 0.1) is 0 Å². The highest BCUT2D eigenvalue weighted by Crippen LogP contribution is 2.23. The van der Waals surface area contributed by atoms with E-state index in [1.54, 1.807) is 12.1 Å². The Hall–Kier alpha value is -2.35. The summed E-state index contributed by atoms with van der Waals surface area (Å²) in [5.41, 5.74) is 2.16. The molecule has 2 heteroatoms. The van der Waals surface area contributed by atoms with Crippen LogP contribution in [-0.4, -0.2) is 0 Å². The molecule has 0 aliphatic carbocycles. The normalized spacial score (nSPS) is 10.6. The van der Waals surface area contributed by atoms with Crippen LogP contribution in [0.2, 0.25) is 0 Å². The Morgan fingerprint density at radius 1 is 0.789 bits per heavy atom. The number of halogens is 1. The summed E-state index contributed by atoms with van der Waals surface area (Å²) in [7, 11) is 0. The largest absolute Gasteiger partial charge is 0.380 e. The second-order valence-electron chi connectivity index (χ2n) is 4.51. The molecule has 0 aromatic heterocycles. The third-order valence-electron chi connectivity index (χ3n) is 3.19. The molecule has 0 amide bonds. The van der Waals surface area contributed by atoms with Crippen molar-refractivity contribution in [2.75, 3.05) is 5.32 Å². The molecule has 0 saturated carbocycles. The average molecular weight is 251 g/mol. The second kappa shape index (κ2) is 5.11. The molecule has 1 nitrogen and oxygen atoms in total. The van der Waals surface area contributed by atoms with Crippen LogP contribution in [0.25, 0.3) is 10.8 Å². The minimum absolute atomic E-state index is 0.200. The Morgan fingerprint density at radius 2 is 1.53 bits per heavy atom. The molecule has 0 radical (unpaired) electrons. The van der Waals surface area contributed by atoms with Crippen LogP contribution >= 0.6 is 0 Å². The minimum atomic E-state index is -0.200. The molecule has 19 heavy (non-hydrogen) atoms. The van der Waals surface area contributed by atoms with Crippen LogP contribution in [0.3, 0.4) is 0 Å². The molecule has 3 aromatic rings. The van der Waals surface area contributed by atoms with Crippen molar-refractivity contribution >= 4 is 16.5 Å². The van der Waals surface area contributed by atoms with Gasteiger partial charge in [0.25, 0.3) is 0 Å². The van der Waals surface area contributed by atoms with Gasteiger partial charge in [-0.15, -0.1) is 0 Å². The van der Waals surface area contributed by atoms with E-state index in [2.05, 4.69) is 29.6 Å². The lowest BCUT2D eigenvalue weighted by Crippen LogP contribution is -1.99. The Bertz CT molecular complexity index is 684. The molecule has 0 heterocycles. The molecule has 0 aliphatic rings. The van der Waals surface area contributed by atoms with Gasteiger partial charge < -0.3 is 5.32 Å². The van der Waals surface area contributed by atoms with E-state index in [-0.39, 0.29) is 5.82 Å². The van der Waals surface area contributed by atoms with E-state index in [9.17, 15) is 4.39 Å². The average Bonchev–Trinajstić information content (AvgIpc) is 2.47. The summed E-state index contributed by atoms with van der Waals surface area (Å²) in [6.45, 7) is 0.689. The van der Waals surface area contributed by atoms with Gasteiger partial charge in [-0.05, 0) is 29.1 Å². The standard InChI is InChI=1S/C17H14FN/c18-15-10-8-13(9-11-15)12-19-17-7-3-5-14-4-1-2-6-16(14)17/h1-11,19H,12H2. The summed E-state index contributed by atoms with van der Waals surface area (Å²) in [6, 6.07) is 21.0. The van der Waals surface area contributed by atoms with Gasteiger partial charge in [-0.25, -0.2) is 4.39 Å². The predicted octanol–water partition coefficient (Wildman–Crippen LogP) is 4.59. The van der Waals surface area contributed by atoms with E-state index in [4.69, 9.17) is 0 Å². The first-order valence-corrected chi connectivity index (χ1v) is 6.29. The Kier molecular flexibility index (Phi) is 3.15. The second-order valence-corrected chi connectivity index (χ2v) is 4.51. The molecular formula is C17H14FN. The molecule has 1 N–H and O–H groups in total. The highest BCUT2D eigenvalue weighted by atomic mass is 19.1. The molecule has 0 fully saturated rings. The predicted molar refractivity (Wildman–Crippen MR) is 77.7 cm³/mol. The van der Waals surface area contributed by atoms with Crippen LogP contribution in [0, 0.1) is 5.82 Å². The van der Waals surface area contributed by atoms with Crippen molar-refractivity contribution in [3.05, 3.63) is 78.1 Å². The summed E-state index contributed by atoms with van der Waals surface area (Å²) in [5, 5.41) is 5.82. The van der Waals surface area contributed by atoms with Crippen LogP contribution in [0.15, 0.2) is 66.7 Å². The first-order chi connectivity index (χ1) is 9.33. The fourth-order valence-corrected chi connectivity index (χ4v) is 2.18. The van der Waals surface area contributed by atoms with Crippen LogP contribution in [-0.2, 0) is 6.54 Å². The zero-order valence-electron chi connectivity index (χ0n) is 10.4. The van der Waals surface area contributed by atoms with Crippen molar-refractivity contribution < 1.29 is 4.39 Å². The summed E-state index contributed by atoms with van der Waals surface area (Å²) in [4.78, 5) is 0. The summed E-state index contributed by atoms with van der Waals surface area (Å²) in [5.74, 6) is -0.200. The van der Waals surface area contributed by atoms with Crippen molar-refractivity contribution in [3.8, 4) is 0 Å². The highest BCUT2D eigenvalue weighted by Gasteiger charge is 2.00. The quantitative estimate of drug-likeness (QED) is 0.717. The summed E-state index contributed by atoms with van der Waals surface area (Å²) >= 11 is 0. The van der Waals surface area contributed by atoms with Gasteiger partial charge in [0.1, 0.15) is 5.82 Å². The number of fused-ring (bicyclic) bond motifs is 1. The summed E-state index contributed by atoms with van der Waals surface area (Å²) in [6.07, 6.45) is 0. The molecular weight excluding hydrogens is 237 g/mol. The first kappa shape index (κ1) is 11.7. The molecule has 0 unspecified atom stereocenters. The highest BCUT2D eigenvalue weighted by molar-refractivity contribution is 5.93. The lowest BCUT2D eigenvalue weighted by Gasteiger charge is -2.09. The number of nitrogens with one attached hydrogen (secondary N) is 1. The summed E-state index contributed by atoms with van der Waals surface area (Å²) < 4.78 is 12.8. The number of rotatable bonds is 3. The molecule has 0 saturated heterocycles. The monoisotopic (exact) mass is 251 g/mol. The van der Waals surface area contributed by atoms with Gasteiger partial charge in [-0.1, -0.05) is 48.5 Å². The Labute approximate surface area is 111 Å². The van der Waals surface area contributed by atoms with Gasteiger partial charge in [0.15, 0.2) is 0 Å². The SMILES string of the molecule is Fc1ccc(CNc2cccc3ccccc23)cc1. The Morgan fingerprint density at radius 3 is 2.37 bits per heavy atom. The van der Waals surface area contributed by atoms with Crippen LogP contribution in [0.4, 0.5) is 10.1 Å². The number of anilines is 1. The van der Waals surface area contributed by atoms with Crippen LogP contribution in [0.5, 0.6) is 0 Å². The zero-order chi connectivity index (χ0) is 13.1. The van der Waals surface area contributed by atoms with E-state index in [1.807, 2.05) is 18.2 Å². The van der Waals surface area contributed by atoms with Gasteiger partial charge in [-0.3, -0.25) is 0 Å². The first-order valence-electron chi connectivity index (χ1n) is 6.29. The van der Waals surface area contributed by atoms with Gasteiger partial charge in [0.2, 0.25) is 0 Å². The third kappa shape index (κ3) is 2.58. The molecule has 94 valence electrons. The van der Waals surface area contributed by atoms with Crippen molar-refractivity contribution in [2.24, 2.45) is 0 Å². The Balaban J connectivity index is 1.84. The topological polar surface area (TPSA) is 12.0 Å². The van der Waals surface area contributed by atoms with Crippen molar-refractivity contribution in [1.82, 2.24) is 0 Å². The molecule has 0 aliphatic heterocycles. The van der Waals surface area contributed by atoms with Crippen molar-refractivity contribution in [2.45, 2.75) is 6.54 Å². The molecule has 0 bridgehead atoms. The number of hydrogen-bond acceptors (Lipinski definition) is 1. The van der Waals surface area contributed by atoms with E-state index < -0.39 is 0 Å². The number of benzene rings is 3. The zero-order valence-corrected chi connectivity index (χ0v) is 10.4. The van der Waals surface area contributed by atoms with E-state index in [0.29, 0.717) is 6.54 Å². The van der Waals surface area contributed by atoms with Gasteiger partial charge >= 0.3 is 0 Å². The maximum absolute atomic E-state index is 12.8. The lowest BCUT2D eigenvalue weighted by molar-refractivity contribution is 0.627. The van der Waals surface area contributed by atoms with Crippen LogP contribution < -0.4 is 5.32 Å². The maximum atomic E-state index is 12.8. The van der Waals surface area contributed by atoms with Crippen molar-refractivity contribution in [1.29, 1.82) is 0 Å². The van der Waals surface area contributed by atoms with Gasteiger partial charge in [-0.2, -0.15) is 0 Å². The fraction of sp³-hybridized carbons (Fsp3) is 0.0588. The van der Waals surface area contributed by atoms with E-state index in [1.165, 1.54) is 22.9 Å². The third-order valence-corrected chi connectivity index (χ3v) is 3.19. The molecule has 0 spiro atoms. The molecule has 0 atom stereocenters. The van der Waals surface area contributed by atoms with E-state index in [0.717, 1.165) is 11.3 Å². The van der Waals surface area contributed by atoms with Gasteiger partial charge in [0, 0.05) is 17.6 Å². The van der Waals surface area contributed by atoms with Crippen molar-refractivity contribution in [3.63, 3.8) is 0 Å².